The van der Waals surface area contributed by atoms with Crippen molar-refractivity contribution < 1.29 is 13.2 Å². The zero-order valence-electron chi connectivity index (χ0n) is 11.0. The number of alkyl halides is 3. The summed E-state index contributed by atoms with van der Waals surface area (Å²) in [5, 5.41) is 3.15. The van der Waals surface area contributed by atoms with E-state index in [1.165, 1.54) is 12.1 Å². The van der Waals surface area contributed by atoms with Crippen LogP contribution in [-0.4, -0.2) is 0 Å². The Balaban J connectivity index is 2.02. The zero-order valence-corrected chi connectivity index (χ0v) is 11.0. The molecule has 5 heteroatoms. The van der Waals surface area contributed by atoms with E-state index in [2.05, 4.69) is 5.32 Å². The Hall–Kier alpha value is -2.17. The van der Waals surface area contributed by atoms with Crippen molar-refractivity contribution in [3.63, 3.8) is 0 Å². The van der Waals surface area contributed by atoms with Gasteiger partial charge < -0.3 is 11.1 Å². The molecule has 0 amide bonds. The van der Waals surface area contributed by atoms with E-state index in [0.717, 1.165) is 28.9 Å². The third-order valence-corrected chi connectivity index (χ3v) is 3.05. The van der Waals surface area contributed by atoms with E-state index in [1.807, 2.05) is 19.1 Å². The topological polar surface area (TPSA) is 38.0 Å². The monoisotopic (exact) mass is 280 g/mol. The Bertz CT molecular complexity index is 589. The summed E-state index contributed by atoms with van der Waals surface area (Å²) in [4.78, 5) is 0. The van der Waals surface area contributed by atoms with Crippen LogP contribution in [0.5, 0.6) is 0 Å². The number of nitrogen functional groups attached to an aromatic ring is 1. The van der Waals surface area contributed by atoms with Crippen LogP contribution in [0.4, 0.5) is 24.5 Å². The second-order valence-electron chi connectivity index (χ2n) is 4.62. The first kappa shape index (κ1) is 14.2. The molecule has 0 atom stereocenters. The second-order valence-corrected chi connectivity index (χ2v) is 4.62. The number of aryl methyl sites for hydroxylation is 1. The standard InChI is InChI=1S/C15H15F3N2/c1-10-8-13(6-7-14(10)19)20-9-11-2-4-12(5-3-11)15(16,17)18/h2-8,20H,9,19H2,1H3. The lowest BCUT2D eigenvalue weighted by Gasteiger charge is -2.10. The van der Waals surface area contributed by atoms with Crippen molar-refractivity contribution in [2.45, 2.75) is 19.6 Å². The molecule has 2 rings (SSSR count). The van der Waals surface area contributed by atoms with Gasteiger partial charge in [-0.2, -0.15) is 13.2 Å². The molecule has 0 aliphatic carbocycles. The first-order valence-corrected chi connectivity index (χ1v) is 6.12. The smallest absolute Gasteiger partial charge is 0.399 e. The molecule has 0 bridgehead atoms. The highest BCUT2D eigenvalue weighted by molar-refractivity contribution is 5.56. The molecule has 0 radical (unpaired) electrons. The van der Waals surface area contributed by atoms with Crippen LogP contribution in [0.1, 0.15) is 16.7 Å². The third kappa shape index (κ3) is 3.44. The SMILES string of the molecule is Cc1cc(NCc2ccc(C(F)(F)F)cc2)ccc1N. The fourth-order valence-corrected chi connectivity index (χ4v) is 1.80. The Morgan fingerprint density at radius 3 is 2.25 bits per heavy atom. The Kier molecular flexibility index (Phi) is 3.88. The normalized spacial score (nSPS) is 11.4. The maximum Gasteiger partial charge on any atom is 0.416 e. The predicted octanol–water partition coefficient (Wildman–Crippen LogP) is 4.21. The molecule has 2 nitrogen and oxygen atoms in total. The van der Waals surface area contributed by atoms with Gasteiger partial charge in [0.2, 0.25) is 0 Å². The van der Waals surface area contributed by atoms with E-state index >= 15 is 0 Å². The average Bonchev–Trinajstić information content (AvgIpc) is 2.40. The highest BCUT2D eigenvalue weighted by Gasteiger charge is 2.29. The molecule has 2 aromatic rings. The summed E-state index contributed by atoms with van der Waals surface area (Å²) in [6.07, 6.45) is -4.29. The van der Waals surface area contributed by atoms with Crippen molar-refractivity contribution >= 4 is 11.4 Å². The van der Waals surface area contributed by atoms with Gasteiger partial charge in [-0.1, -0.05) is 12.1 Å². The molecule has 3 N–H and O–H groups in total. The minimum absolute atomic E-state index is 0.460. The van der Waals surface area contributed by atoms with Crippen molar-refractivity contribution in [2.75, 3.05) is 11.1 Å². The molecule has 0 saturated heterocycles. The van der Waals surface area contributed by atoms with Crippen LogP contribution in [-0.2, 0) is 12.7 Å². The summed E-state index contributed by atoms with van der Waals surface area (Å²) in [5.41, 5.74) is 8.43. The summed E-state index contributed by atoms with van der Waals surface area (Å²) in [5.74, 6) is 0. The summed E-state index contributed by atoms with van der Waals surface area (Å²) in [7, 11) is 0. The van der Waals surface area contributed by atoms with Gasteiger partial charge in [0, 0.05) is 17.9 Å². The molecule has 0 aliphatic rings. The number of rotatable bonds is 3. The van der Waals surface area contributed by atoms with Crippen LogP contribution < -0.4 is 11.1 Å². The molecule has 0 spiro atoms. The zero-order chi connectivity index (χ0) is 14.8. The lowest BCUT2D eigenvalue weighted by Crippen LogP contribution is -2.05. The minimum atomic E-state index is -4.29. The summed E-state index contributed by atoms with van der Waals surface area (Å²) in [6, 6.07) is 10.7. The molecule has 2 aromatic carbocycles. The molecule has 0 heterocycles. The maximum atomic E-state index is 12.4. The molecule has 0 fully saturated rings. The van der Waals surface area contributed by atoms with E-state index in [1.54, 1.807) is 6.07 Å². The van der Waals surface area contributed by atoms with Gasteiger partial charge in [-0.25, -0.2) is 0 Å². The number of benzene rings is 2. The van der Waals surface area contributed by atoms with Gasteiger partial charge in [-0.3, -0.25) is 0 Å². The first-order chi connectivity index (χ1) is 9.36. The van der Waals surface area contributed by atoms with Crippen molar-refractivity contribution in [1.82, 2.24) is 0 Å². The molecule has 0 unspecified atom stereocenters. The van der Waals surface area contributed by atoms with Crippen molar-refractivity contribution in [1.29, 1.82) is 0 Å². The maximum absolute atomic E-state index is 12.4. The summed E-state index contributed by atoms with van der Waals surface area (Å²) < 4.78 is 37.3. The molecule has 0 aliphatic heterocycles. The van der Waals surface area contributed by atoms with E-state index < -0.39 is 11.7 Å². The molecule has 106 valence electrons. The van der Waals surface area contributed by atoms with Crippen LogP contribution in [0.3, 0.4) is 0 Å². The van der Waals surface area contributed by atoms with E-state index in [9.17, 15) is 13.2 Å². The van der Waals surface area contributed by atoms with Gasteiger partial charge in [-0.15, -0.1) is 0 Å². The highest BCUT2D eigenvalue weighted by Crippen LogP contribution is 2.29. The van der Waals surface area contributed by atoms with E-state index in [0.29, 0.717) is 12.2 Å². The highest BCUT2D eigenvalue weighted by atomic mass is 19.4. The van der Waals surface area contributed by atoms with E-state index in [-0.39, 0.29) is 0 Å². The Morgan fingerprint density at radius 1 is 1.05 bits per heavy atom. The quantitative estimate of drug-likeness (QED) is 0.827. The Morgan fingerprint density at radius 2 is 1.70 bits per heavy atom. The number of nitrogens with two attached hydrogens (primary N) is 1. The van der Waals surface area contributed by atoms with Crippen LogP contribution in [0.15, 0.2) is 42.5 Å². The number of hydrogen-bond acceptors (Lipinski definition) is 2. The van der Waals surface area contributed by atoms with Crippen molar-refractivity contribution in [2.24, 2.45) is 0 Å². The number of anilines is 2. The second kappa shape index (κ2) is 5.45. The first-order valence-electron chi connectivity index (χ1n) is 6.12. The lowest BCUT2D eigenvalue weighted by molar-refractivity contribution is -0.137. The Labute approximate surface area is 115 Å². The largest absolute Gasteiger partial charge is 0.416 e. The van der Waals surface area contributed by atoms with Crippen LogP contribution in [0.2, 0.25) is 0 Å². The number of halogens is 3. The number of hydrogen-bond donors (Lipinski definition) is 2. The van der Waals surface area contributed by atoms with Crippen molar-refractivity contribution in [3.05, 3.63) is 59.2 Å². The van der Waals surface area contributed by atoms with E-state index in [4.69, 9.17) is 5.73 Å². The predicted molar refractivity (Wildman–Crippen MR) is 74.4 cm³/mol. The van der Waals surface area contributed by atoms with Gasteiger partial charge in [-0.05, 0) is 48.4 Å². The fourth-order valence-electron chi connectivity index (χ4n) is 1.80. The van der Waals surface area contributed by atoms with Gasteiger partial charge in [0.05, 0.1) is 5.56 Å². The summed E-state index contributed by atoms with van der Waals surface area (Å²) >= 11 is 0. The lowest BCUT2D eigenvalue weighted by atomic mass is 10.1. The van der Waals surface area contributed by atoms with Crippen molar-refractivity contribution in [3.8, 4) is 0 Å². The average molecular weight is 280 g/mol. The number of nitrogens with one attached hydrogen (secondary N) is 1. The van der Waals surface area contributed by atoms with Crippen LogP contribution in [0.25, 0.3) is 0 Å². The summed E-state index contributed by atoms with van der Waals surface area (Å²) in [6.45, 7) is 2.36. The molecule has 20 heavy (non-hydrogen) atoms. The van der Waals surface area contributed by atoms with Gasteiger partial charge in [0.1, 0.15) is 0 Å². The fraction of sp³-hybridized carbons (Fsp3) is 0.200. The molecular weight excluding hydrogens is 265 g/mol. The minimum Gasteiger partial charge on any atom is -0.399 e. The van der Waals surface area contributed by atoms with Gasteiger partial charge >= 0.3 is 6.18 Å². The van der Waals surface area contributed by atoms with Gasteiger partial charge in [0.15, 0.2) is 0 Å². The van der Waals surface area contributed by atoms with Gasteiger partial charge in [0.25, 0.3) is 0 Å². The molecular formula is C15H15F3N2. The molecule has 0 aromatic heterocycles. The van der Waals surface area contributed by atoms with Crippen LogP contribution in [0, 0.1) is 6.92 Å². The van der Waals surface area contributed by atoms with Crippen LogP contribution >= 0.6 is 0 Å². The third-order valence-electron chi connectivity index (χ3n) is 3.05. The molecule has 0 saturated carbocycles.